The van der Waals surface area contributed by atoms with Gasteiger partial charge in [-0.25, -0.2) is 19.6 Å². The Bertz CT molecular complexity index is 1550. The van der Waals surface area contributed by atoms with Crippen LogP contribution in [-0.4, -0.2) is 49.7 Å². The van der Waals surface area contributed by atoms with Crippen LogP contribution in [0.2, 0.25) is 0 Å². The fourth-order valence-corrected chi connectivity index (χ4v) is 6.08. The van der Waals surface area contributed by atoms with Gasteiger partial charge in [0.05, 0.1) is 0 Å². The van der Waals surface area contributed by atoms with Crippen LogP contribution >= 0.6 is 23.5 Å². The summed E-state index contributed by atoms with van der Waals surface area (Å²) in [6.07, 6.45) is 9.25. The van der Waals surface area contributed by atoms with Gasteiger partial charge in [-0.1, -0.05) is 62.0 Å². The van der Waals surface area contributed by atoms with Crippen LogP contribution in [0.25, 0.3) is 22.3 Å². The lowest BCUT2D eigenvalue weighted by Crippen LogP contribution is -2.36. The van der Waals surface area contributed by atoms with E-state index in [0.717, 1.165) is 46.3 Å². The van der Waals surface area contributed by atoms with E-state index in [1.54, 1.807) is 37.6 Å². The maximum absolute atomic E-state index is 12.3. The van der Waals surface area contributed by atoms with Crippen molar-refractivity contribution in [3.8, 4) is 0 Å². The molecule has 38 heavy (non-hydrogen) atoms. The fraction of sp³-hybridized carbons (Fsp3) is 0.583. The Kier molecular flexibility index (Phi) is 9.03. The molecule has 0 unspecified atom stereocenters. The SMILES string of the molecule is Cn1c(=O)c2[nH]c(SCCCCCCCCCCSc3nc4c([nH]3)c(=O)n(C)c(=O)n4C)nc2n(C)c1=O. The van der Waals surface area contributed by atoms with Gasteiger partial charge >= 0.3 is 11.4 Å². The standard InChI is InChI=1S/C24H34N8O4S2/c1-29-17-15(19(33)31(3)23(29)35)25-21(27-17)37-13-11-9-7-5-6-8-10-12-14-38-22-26-16-18(28-22)30(2)24(36)32(4)20(16)34/h5-14H2,1-4H3,(H,25,27)(H,26,28). The number of imidazole rings is 2. The number of aromatic amines is 2. The van der Waals surface area contributed by atoms with Gasteiger partial charge in [0.1, 0.15) is 0 Å². The van der Waals surface area contributed by atoms with Crippen molar-refractivity contribution < 1.29 is 0 Å². The molecule has 4 rings (SSSR count). The highest BCUT2D eigenvalue weighted by Crippen LogP contribution is 2.20. The molecule has 2 N–H and O–H groups in total. The largest absolute Gasteiger partial charge is 0.332 e. The zero-order valence-corrected chi connectivity index (χ0v) is 23.8. The van der Waals surface area contributed by atoms with Crippen LogP contribution in [-0.2, 0) is 28.2 Å². The second-order valence-corrected chi connectivity index (χ2v) is 11.6. The molecule has 0 aliphatic carbocycles. The molecule has 0 radical (unpaired) electrons. The number of fused-ring (bicyclic) bond motifs is 2. The molecule has 0 aliphatic heterocycles. The summed E-state index contributed by atoms with van der Waals surface area (Å²) in [5.41, 5.74) is 0.0717. The summed E-state index contributed by atoms with van der Waals surface area (Å²) in [4.78, 5) is 63.6. The van der Waals surface area contributed by atoms with Crippen LogP contribution < -0.4 is 22.5 Å². The zero-order chi connectivity index (χ0) is 27.4. The molecular weight excluding hydrogens is 528 g/mol. The number of aryl methyl sites for hydroxylation is 2. The highest BCUT2D eigenvalue weighted by atomic mass is 32.2. The Morgan fingerprint density at radius 2 is 0.895 bits per heavy atom. The van der Waals surface area contributed by atoms with E-state index in [4.69, 9.17) is 0 Å². The first-order chi connectivity index (χ1) is 18.2. The van der Waals surface area contributed by atoms with Gasteiger partial charge in [-0.05, 0) is 12.8 Å². The van der Waals surface area contributed by atoms with Gasteiger partial charge in [-0.3, -0.25) is 27.9 Å². The number of H-pyrrole nitrogens is 2. The molecule has 0 amide bonds. The van der Waals surface area contributed by atoms with E-state index in [9.17, 15) is 19.2 Å². The number of rotatable bonds is 13. The summed E-state index contributed by atoms with van der Waals surface area (Å²) < 4.78 is 4.96. The fourth-order valence-electron chi connectivity index (χ4n) is 4.35. The molecule has 4 aromatic rings. The van der Waals surface area contributed by atoms with Crippen molar-refractivity contribution in [3.05, 3.63) is 41.7 Å². The minimum Gasteiger partial charge on any atom is -0.327 e. The van der Waals surface area contributed by atoms with E-state index < -0.39 is 0 Å². The van der Waals surface area contributed by atoms with Crippen LogP contribution in [0.15, 0.2) is 29.5 Å². The number of nitrogens with zero attached hydrogens (tertiary/aromatic N) is 6. The number of thioether (sulfide) groups is 2. The third-order valence-electron chi connectivity index (χ3n) is 6.66. The molecule has 0 bridgehead atoms. The minimum atomic E-state index is -0.377. The molecule has 0 fully saturated rings. The summed E-state index contributed by atoms with van der Waals surface area (Å²) in [6, 6.07) is 0. The van der Waals surface area contributed by atoms with Gasteiger partial charge in [-0.2, -0.15) is 0 Å². The number of aromatic nitrogens is 8. The Balaban J connectivity index is 1.08. The summed E-state index contributed by atoms with van der Waals surface area (Å²) >= 11 is 3.16. The quantitative estimate of drug-likeness (QED) is 0.186. The second-order valence-electron chi connectivity index (χ2n) is 9.42. The predicted octanol–water partition coefficient (Wildman–Crippen LogP) is 2.24. The molecule has 4 aromatic heterocycles. The van der Waals surface area contributed by atoms with Crippen molar-refractivity contribution in [3.63, 3.8) is 0 Å². The van der Waals surface area contributed by atoms with Crippen molar-refractivity contribution in [1.29, 1.82) is 0 Å². The molecule has 0 aliphatic rings. The van der Waals surface area contributed by atoms with Crippen molar-refractivity contribution in [2.45, 2.75) is 61.7 Å². The lowest BCUT2D eigenvalue weighted by molar-refractivity contribution is 0.587. The van der Waals surface area contributed by atoms with E-state index in [2.05, 4.69) is 19.9 Å². The maximum Gasteiger partial charge on any atom is 0.332 e. The van der Waals surface area contributed by atoms with E-state index in [0.29, 0.717) is 32.6 Å². The minimum absolute atomic E-state index is 0.351. The van der Waals surface area contributed by atoms with Crippen LogP contribution in [0.4, 0.5) is 0 Å². The van der Waals surface area contributed by atoms with Gasteiger partial charge in [-0.15, -0.1) is 0 Å². The molecule has 0 saturated carbocycles. The first kappa shape index (κ1) is 28.0. The van der Waals surface area contributed by atoms with Gasteiger partial charge in [0.2, 0.25) is 0 Å². The Morgan fingerprint density at radius 1 is 0.553 bits per heavy atom. The van der Waals surface area contributed by atoms with Gasteiger partial charge in [0.25, 0.3) is 11.1 Å². The average molecular weight is 563 g/mol. The van der Waals surface area contributed by atoms with Gasteiger partial charge in [0, 0.05) is 39.7 Å². The van der Waals surface area contributed by atoms with Crippen LogP contribution in [0.1, 0.15) is 51.4 Å². The molecule has 4 heterocycles. The number of unbranched alkanes of at least 4 members (excludes halogenated alkanes) is 7. The lowest BCUT2D eigenvalue weighted by atomic mass is 10.1. The molecule has 14 heteroatoms. The van der Waals surface area contributed by atoms with Crippen molar-refractivity contribution in [2.24, 2.45) is 28.2 Å². The summed E-state index contributed by atoms with van der Waals surface area (Å²) in [7, 11) is 6.18. The monoisotopic (exact) mass is 562 g/mol. The van der Waals surface area contributed by atoms with Crippen LogP contribution in [0.3, 0.4) is 0 Å². The molecule has 0 spiro atoms. The number of hydrogen-bond acceptors (Lipinski definition) is 8. The third kappa shape index (κ3) is 5.85. The summed E-state index contributed by atoms with van der Waals surface area (Å²) in [5, 5.41) is 1.34. The number of nitrogens with one attached hydrogen (secondary N) is 2. The Labute approximate surface area is 226 Å². The summed E-state index contributed by atoms with van der Waals surface area (Å²) in [6.45, 7) is 0. The predicted molar refractivity (Wildman–Crippen MR) is 152 cm³/mol. The van der Waals surface area contributed by atoms with E-state index in [-0.39, 0.29) is 22.5 Å². The van der Waals surface area contributed by atoms with Crippen molar-refractivity contribution in [1.82, 2.24) is 38.2 Å². The van der Waals surface area contributed by atoms with Crippen molar-refractivity contribution in [2.75, 3.05) is 11.5 Å². The first-order valence-electron chi connectivity index (χ1n) is 12.8. The normalized spacial score (nSPS) is 11.8. The smallest absolute Gasteiger partial charge is 0.327 e. The highest BCUT2D eigenvalue weighted by Gasteiger charge is 2.14. The van der Waals surface area contributed by atoms with Crippen LogP contribution in [0, 0.1) is 0 Å². The molecule has 12 nitrogen and oxygen atoms in total. The van der Waals surface area contributed by atoms with Crippen molar-refractivity contribution >= 4 is 45.9 Å². The number of hydrogen-bond donors (Lipinski definition) is 2. The zero-order valence-electron chi connectivity index (χ0n) is 22.2. The van der Waals surface area contributed by atoms with Gasteiger partial charge in [0.15, 0.2) is 32.6 Å². The molecular formula is C24H34N8O4S2. The topological polar surface area (TPSA) is 145 Å². The van der Waals surface area contributed by atoms with Crippen LogP contribution in [0.5, 0.6) is 0 Å². The molecule has 206 valence electrons. The average Bonchev–Trinajstić information content (AvgIpc) is 3.54. The van der Waals surface area contributed by atoms with E-state index >= 15 is 0 Å². The second kappa shape index (κ2) is 12.2. The molecule has 0 atom stereocenters. The Hall–Kier alpha value is -3.00. The van der Waals surface area contributed by atoms with Gasteiger partial charge < -0.3 is 9.97 Å². The highest BCUT2D eigenvalue weighted by molar-refractivity contribution is 7.99. The summed E-state index contributed by atoms with van der Waals surface area (Å²) in [5.74, 6) is 1.82. The molecule has 0 aromatic carbocycles. The Morgan fingerprint density at radius 3 is 1.26 bits per heavy atom. The lowest BCUT2D eigenvalue weighted by Gasteiger charge is -2.02. The molecule has 0 saturated heterocycles. The van der Waals surface area contributed by atoms with E-state index in [1.807, 2.05) is 0 Å². The maximum atomic E-state index is 12.3. The van der Waals surface area contributed by atoms with E-state index in [1.165, 1.54) is 48.9 Å². The third-order valence-corrected chi connectivity index (χ3v) is 8.58. The first-order valence-corrected chi connectivity index (χ1v) is 14.7.